The maximum Gasteiger partial charge on any atom is 0.256 e. The number of methoxy groups -OCH3 is 1. The molecule has 2 rings (SSSR count). The number of likely N-dealkylation sites (N-methyl/N-ethyl adjacent to an activating group) is 1. The van der Waals surface area contributed by atoms with Gasteiger partial charge in [0.2, 0.25) is 0 Å². The molecule has 0 bridgehead atoms. The molecule has 1 unspecified atom stereocenters. The van der Waals surface area contributed by atoms with Gasteiger partial charge < -0.3 is 14.7 Å². The van der Waals surface area contributed by atoms with Gasteiger partial charge in [-0.15, -0.1) is 0 Å². The van der Waals surface area contributed by atoms with Crippen molar-refractivity contribution in [2.24, 2.45) is 0 Å². The van der Waals surface area contributed by atoms with Gasteiger partial charge in [0.15, 0.2) is 6.10 Å². The molecule has 0 heterocycles. The van der Waals surface area contributed by atoms with E-state index in [1.807, 2.05) is 0 Å². The largest absolute Gasteiger partial charge is 0.497 e. The molecule has 1 atom stereocenters. The minimum atomic E-state index is -1.31. The smallest absolute Gasteiger partial charge is 0.256 e. The topological polar surface area (TPSA) is 49.8 Å². The van der Waals surface area contributed by atoms with Gasteiger partial charge in [-0.3, -0.25) is 4.79 Å². The van der Waals surface area contributed by atoms with Crippen LogP contribution in [-0.2, 0) is 11.3 Å². The first-order chi connectivity index (χ1) is 10.5. The van der Waals surface area contributed by atoms with E-state index in [1.165, 1.54) is 25.1 Å². The summed E-state index contributed by atoms with van der Waals surface area (Å²) in [7, 11) is 3.04. The van der Waals surface area contributed by atoms with Gasteiger partial charge in [-0.25, -0.2) is 4.39 Å². The summed E-state index contributed by atoms with van der Waals surface area (Å²) in [6.45, 7) is 0.0898. The van der Waals surface area contributed by atoms with Crippen LogP contribution in [0.1, 0.15) is 17.2 Å². The Hall–Kier alpha value is -2.40. The molecule has 22 heavy (non-hydrogen) atoms. The molecule has 0 aromatic heterocycles. The van der Waals surface area contributed by atoms with Crippen LogP contribution in [0.15, 0.2) is 48.5 Å². The SMILES string of the molecule is COc1cccc(C(O)C(=O)N(C)Cc2ccccc2F)c1. The number of amides is 1. The molecule has 0 aliphatic heterocycles. The number of carbonyl (C=O) groups is 1. The van der Waals surface area contributed by atoms with Gasteiger partial charge in [-0.1, -0.05) is 30.3 Å². The lowest BCUT2D eigenvalue weighted by molar-refractivity contribution is -0.139. The molecule has 116 valence electrons. The predicted octanol–water partition coefficient (Wildman–Crippen LogP) is 2.53. The summed E-state index contributed by atoms with van der Waals surface area (Å²) in [4.78, 5) is 13.6. The van der Waals surface area contributed by atoms with Crippen LogP contribution >= 0.6 is 0 Å². The molecule has 1 amide bonds. The van der Waals surface area contributed by atoms with Gasteiger partial charge in [-0.05, 0) is 23.8 Å². The monoisotopic (exact) mass is 303 g/mol. The van der Waals surface area contributed by atoms with Crippen LogP contribution in [0.25, 0.3) is 0 Å². The first-order valence-corrected chi connectivity index (χ1v) is 6.83. The van der Waals surface area contributed by atoms with Gasteiger partial charge in [-0.2, -0.15) is 0 Å². The lowest BCUT2D eigenvalue weighted by atomic mass is 10.1. The van der Waals surface area contributed by atoms with E-state index in [4.69, 9.17) is 4.74 Å². The van der Waals surface area contributed by atoms with E-state index in [0.29, 0.717) is 16.9 Å². The van der Waals surface area contributed by atoms with Crippen molar-refractivity contribution in [3.05, 3.63) is 65.5 Å². The highest BCUT2D eigenvalue weighted by Gasteiger charge is 2.22. The van der Waals surface area contributed by atoms with Crippen LogP contribution in [0.3, 0.4) is 0 Å². The number of carbonyl (C=O) groups excluding carboxylic acids is 1. The van der Waals surface area contributed by atoms with Crippen molar-refractivity contribution in [2.75, 3.05) is 14.2 Å². The third-order valence-electron chi connectivity index (χ3n) is 3.39. The number of nitrogens with zero attached hydrogens (tertiary/aromatic N) is 1. The van der Waals surface area contributed by atoms with Crippen LogP contribution in [0.4, 0.5) is 4.39 Å². The summed E-state index contributed by atoms with van der Waals surface area (Å²) in [6, 6.07) is 12.9. The Morgan fingerprint density at radius 2 is 2.00 bits per heavy atom. The highest BCUT2D eigenvalue weighted by Crippen LogP contribution is 2.21. The molecule has 0 saturated heterocycles. The van der Waals surface area contributed by atoms with Crippen molar-refractivity contribution in [2.45, 2.75) is 12.6 Å². The maximum atomic E-state index is 13.6. The summed E-state index contributed by atoms with van der Waals surface area (Å²) < 4.78 is 18.7. The number of aliphatic hydroxyl groups excluding tert-OH is 1. The Labute approximate surface area is 128 Å². The molecule has 5 heteroatoms. The van der Waals surface area contributed by atoms with Gasteiger partial charge in [0.25, 0.3) is 5.91 Å². The highest BCUT2D eigenvalue weighted by atomic mass is 19.1. The fourth-order valence-corrected chi connectivity index (χ4v) is 2.12. The molecule has 1 N–H and O–H groups in total. The summed E-state index contributed by atoms with van der Waals surface area (Å²) in [5, 5.41) is 10.2. The summed E-state index contributed by atoms with van der Waals surface area (Å²) >= 11 is 0. The summed E-state index contributed by atoms with van der Waals surface area (Å²) in [5.74, 6) is -0.323. The highest BCUT2D eigenvalue weighted by molar-refractivity contribution is 5.82. The van der Waals surface area contributed by atoms with Crippen molar-refractivity contribution in [3.8, 4) is 5.75 Å². The lowest BCUT2D eigenvalue weighted by Crippen LogP contribution is -2.31. The van der Waals surface area contributed by atoms with Crippen molar-refractivity contribution in [1.29, 1.82) is 0 Å². The van der Waals surface area contributed by atoms with E-state index in [2.05, 4.69) is 0 Å². The zero-order chi connectivity index (χ0) is 16.1. The Kier molecular flexibility index (Phi) is 5.12. The van der Waals surface area contributed by atoms with Gasteiger partial charge in [0.1, 0.15) is 11.6 Å². The molecule has 0 spiro atoms. The zero-order valence-electron chi connectivity index (χ0n) is 12.5. The van der Waals surface area contributed by atoms with E-state index >= 15 is 0 Å². The normalized spacial score (nSPS) is 11.8. The molecule has 4 nitrogen and oxygen atoms in total. The second-order valence-electron chi connectivity index (χ2n) is 4.96. The number of benzene rings is 2. The van der Waals surface area contributed by atoms with E-state index in [9.17, 15) is 14.3 Å². The number of hydrogen-bond donors (Lipinski definition) is 1. The Morgan fingerprint density at radius 1 is 1.27 bits per heavy atom. The average molecular weight is 303 g/mol. The quantitative estimate of drug-likeness (QED) is 0.923. The molecule has 0 fully saturated rings. The molecule has 0 aliphatic rings. The lowest BCUT2D eigenvalue weighted by Gasteiger charge is -2.21. The number of rotatable bonds is 5. The Morgan fingerprint density at radius 3 is 2.68 bits per heavy atom. The molecule has 0 aliphatic carbocycles. The van der Waals surface area contributed by atoms with E-state index in [-0.39, 0.29) is 12.4 Å². The fourth-order valence-electron chi connectivity index (χ4n) is 2.12. The second kappa shape index (κ2) is 7.04. The first kappa shape index (κ1) is 16.0. The molecule has 2 aromatic carbocycles. The van der Waals surface area contributed by atoms with Crippen molar-refractivity contribution >= 4 is 5.91 Å². The molecule has 2 aromatic rings. The number of aliphatic hydroxyl groups is 1. The fraction of sp³-hybridized carbons (Fsp3) is 0.235. The van der Waals surface area contributed by atoms with Crippen LogP contribution in [0.2, 0.25) is 0 Å². The first-order valence-electron chi connectivity index (χ1n) is 6.83. The molecular formula is C17H18FNO3. The van der Waals surface area contributed by atoms with Gasteiger partial charge >= 0.3 is 0 Å². The second-order valence-corrected chi connectivity index (χ2v) is 4.96. The summed E-state index contributed by atoms with van der Waals surface area (Å²) in [5.41, 5.74) is 0.834. The average Bonchev–Trinajstić information content (AvgIpc) is 2.55. The standard InChI is InChI=1S/C17H18FNO3/c1-19(11-13-6-3-4-9-15(13)18)17(21)16(20)12-7-5-8-14(10-12)22-2/h3-10,16,20H,11H2,1-2H3. The van der Waals surface area contributed by atoms with Crippen LogP contribution in [0, 0.1) is 5.82 Å². The third-order valence-corrected chi connectivity index (χ3v) is 3.39. The number of ether oxygens (including phenoxy) is 1. The summed E-state index contributed by atoms with van der Waals surface area (Å²) in [6.07, 6.45) is -1.31. The molecule has 0 radical (unpaired) electrons. The van der Waals surface area contributed by atoms with Crippen molar-refractivity contribution in [3.63, 3.8) is 0 Å². The number of halogens is 1. The minimum absolute atomic E-state index is 0.0898. The van der Waals surface area contributed by atoms with Crippen LogP contribution in [0.5, 0.6) is 5.75 Å². The van der Waals surface area contributed by atoms with E-state index in [1.54, 1.807) is 42.5 Å². The third kappa shape index (κ3) is 3.62. The van der Waals surface area contributed by atoms with Gasteiger partial charge in [0.05, 0.1) is 7.11 Å². The van der Waals surface area contributed by atoms with Crippen molar-refractivity contribution < 1.29 is 19.0 Å². The Balaban J connectivity index is 2.11. The Bertz CT molecular complexity index is 660. The van der Waals surface area contributed by atoms with Gasteiger partial charge in [0, 0.05) is 19.2 Å². The van der Waals surface area contributed by atoms with E-state index < -0.39 is 12.0 Å². The van der Waals surface area contributed by atoms with Crippen molar-refractivity contribution in [1.82, 2.24) is 4.90 Å². The zero-order valence-corrected chi connectivity index (χ0v) is 12.5. The number of hydrogen-bond acceptors (Lipinski definition) is 3. The van der Waals surface area contributed by atoms with Crippen LogP contribution in [-0.4, -0.2) is 30.1 Å². The molecular weight excluding hydrogens is 285 g/mol. The van der Waals surface area contributed by atoms with Crippen LogP contribution < -0.4 is 4.74 Å². The maximum absolute atomic E-state index is 13.6. The molecule has 0 saturated carbocycles. The van der Waals surface area contributed by atoms with E-state index in [0.717, 1.165) is 0 Å². The minimum Gasteiger partial charge on any atom is -0.497 e. The predicted molar refractivity (Wildman–Crippen MR) is 80.8 cm³/mol.